The predicted octanol–water partition coefficient (Wildman–Crippen LogP) is 2.73. The summed E-state index contributed by atoms with van der Waals surface area (Å²) in [6.07, 6.45) is -3.64. The number of hydrogen-bond acceptors (Lipinski definition) is 3. The van der Waals surface area contributed by atoms with Crippen molar-refractivity contribution < 1.29 is 13.2 Å². The minimum atomic E-state index is -4.41. The van der Waals surface area contributed by atoms with Gasteiger partial charge in [-0.2, -0.15) is 13.2 Å². The smallest absolute Gasteiger partial charge is 0.311 e. The summed E-state index contributed by atoms with van der Waals surface area (Å²) in [4.78, 5) is 8.08. The minimum Gasteiger partial charge on any atom is -0.311 e. The van der Waals surface area contributed by atoms with Crippen molar-refractivity contribution in [3.05, 3.63) is 22.8 Å². The molecule has 0 saturated carbocycles. The summed E-state index contributed by atoms with van der Waals surface area (Å²) in [5.74, 6) is 0.280. The highest BCUT2D eigenvalue weighted by Crippen LogP contribution is 2.33. The van der Waals surface area contributed by atoms with E-state index in [0.717, 1.165) is 0 Å². The second-order valence-electron chi connectivity index (χ2n) is 6.08. The summed E-state index contributed by atoms with van der Waals surface area (Å²) >= 11 is 0. The Bertz CT molecular complexity index is 475. The first-order valence-electron chi connectivity index (χ1n) is 6.33. The molecule has 19 heavy (non-hydrogen) atoms. The number of rotatable bonds is 1. The summed E-state index contributed by atoms with van der Waals surface area (Å²) < 4.78 is 39.2. The molecule has 2 rings (SSSR count). The molecular formula is C13H18F3N3. The van der Waals surface area contributed by atoms with Crippen LogP contribution in [-0.4, -0.2) is 16.5 Å². The van der Waals surface area contributed by atoms with Crippen LogP contribution >= 0.6 is 0 Å². The van der Waals surface area contributed by atoms with Crippen LogP contribution in [0.25, 0.3) is 0 Å². The summed E-state index contributed by atoms with van der Waals surface area (Å²) in [6, 6.07) is 0. The number of nitrogens with one attached hydrogen (secondary N) is 1. The molecule has 6 heteroatoms. The molecule has 1 aliphatic rings. The number of aromatic nitrogens is 2. The van der Waals surface area contributed by atoms with Crippen molar-refractivity contribution in [2.45, 2.75) is 46.3 Å². The van der Waals surface area contributed by atoms with Gasteiger partial charge in [0.2, 0.25) is 0 Å². The first kappa shape index (κ1) is 14.2. The predicted molar refractivity (Wildman–Crippen MR) is 65.6 cm³/mol. The summed E-state index contributed by atoms with van der Waals surface area (Å²) in [6.45, 7) is 6.81. The van der Waals surface area contributed by atoms with Crippen LogP contribution in [0, 0.1) is 5.41 Å². The highest BCUT2D eigenvalue weighted by molar-refractivity contribution is 5.30. The zero-order valence-corrected chi connectivity index (χ0v) is 11.4. The first-order chi connectivity index (χ1) is 8.67. The van der Waals surface area contributed by atoms with Crippen molar-refractivity contribution in [2.75, 3.05) is 6.54 Å². The van der Waals surface area contributed by atoms with E-state index in [1.54, 1.807) is 0 Å². The molecule has 1 N–H and O–H groups in total. The second kappa shape index (κ2) is 4.74. The van der Waals surface area contributed by atoms with E-state index in [1.165, 1.54) is 0 Å². The number of nitrogens with zero attached hydrogens (tertiary/aromatic N) is 2. The SMILES string of the molecule is CC(C)(C)Cc1nc2c(c(C(F)(F)F)n1)CCNC2. The summed E-state index contributed by atoms with van der Waals surface area (Å²) in [7, 11) is 0. The Morgan fingerprint density at radius 2 is 1.84 bits per heavy atom. The maximum absolute atomic E-state index is 13.1. The van der Waals surface area contributed by atoms with E-state index in [2.05, 4.69) is 15.3 Å². The molecule has 0 aliphatic carbocycles. The van der Waals surface area contributed by atoms with Crippen molar-refractivity contribution in [3.8, 4) is 0 Å². The molecule has 0 unspecified atom stereocenters. The van der Waals surface area contributed by atoms with Gasteiger partial charge in [0.15, 0.2) is 5.69 Å². The minimum absolute atomic E-state index is 0.140. The molecule has 1 aliphatic heterocycles. The second-order valence-corrected chi connectivity index (χ2v) is 6.08. The van der Waals surface area contributed by atoms with Crippen LogP contribution in [0.4, 0.5) is 13.2 Å². The van der Waals surface area contributed by atoms with Gasteiger partial charge in [0.25, 0.3) is 0 Å². The van der Waals surface area contributed by atoms with Gasteiger partial charge >= 0.3 is 6.18 Å². The van der Waals surface area contributed by atoms with Gasteiger partial charge in [0, 0.05) is 18.5 Å². The Morgan fingerprint density at radius 3 is 2.42 bits per heavy atom. The van der Waals surface area contributed by atoms with Gasteiger partial charge in [0.1, 0.15) is 5.82 Å². The van der Waals surface area contributed by atoms with Gasteiger partial charge in [-0.3, -0.25) is 0 Å². The third kappa shape index (κ3) is 3.43. The Kier molecular flexibility index (Phi) is 3.55. The lowest BCUT2D eigenvalue weighted by Gasteiger charge is -2.23. The molecule has 1 aromatic heterocycles. The Hall–Kier alpha value is -1.17. The Morgan fingerprint density at radius 1 is 1.16 bits per heavy atom. The maximum Gasteiger partial charge on any atom is 0.433 e. The van der Waals surface area contributed by atoms with E-state index in [4.69, 9.17) is 0 Å². The molecule has 106 valence electrons. The van der Waals surface area contributed by atoms with E-state index < -0.39 is 11.9 Å². The van der Waals surface area contributed by atoms with E-state index in [9.17, 15) is 13.2 Å². The van der Waals surface area contributed by atoms with Crippen LogP contribution in [-0.2, 0) is 25.6 Å². The zero-order valence-electron chi connectivity index (χ0n) is 11.4. The molecule has 0 spiro atoms. The van der Waals surface area contributed by atoms with Gasteiger partial charge < -0.3 is 5.32 Å². The van der Waals surface area contributed by atoms with Crippen molar-refractivity contribution in [2.24, 2.45) is 5.41 Å². The van der Waals surface area contributed by atoms with Crippen LogP contribution in [0.1, 0.15) is 43.5 Å². The summed E-state index contributed by atoms with van der Waals surface area (Å²) in [5, 5.41) is 3.05. The number of hydrogen-bond donors (Lipinski definition) is 1. The Balaban J connectivity index is 2.48. The third-order valence-electron chi connectivity index (χ3n) is 2.94. The highest BCUT2D eigenvalue weighted by atomic mass is 19.4. The van der Waals surface area contributed by atoms with Gasteiger partial charge in [-0.1, -0.05) is 20.8 Å². The van der Waals surface area contributed by atoms with Crippen molar-refractivity contribution in [3.63, 3.8) is 0 Å². The zero-order chi connectivity index (χ0) is 14.3. The van der Waals surface area contributed by atoms with E-state index in [-0.39, 0.29) is 16.8 Å². The van der Waals surface area contributed by atoms with Crippen LogP contribution in [0.15, 0.2) is 0 Å². The molecule has 0 amide bonds. The van der Waals surface area contributed by atoms with E-state index >= 15 is 0 Å². The van der Waals surface area contributed by atoms with Crippen molar-refractivity contribution in [1.82, 2.24) is 15.3 Å². The third-order valence-corrected chi connectivity index (χ3v) is 2.94. The quantitative estimate of drug-likeness (QED) is 0.855. The van der Waals surface area contributed by atoms with Gasteiger partial charge in [-0.05, 0) is 18.4 Å². The average Bonchev–Trinajstić information content (AvgIpc) is 2.24. The fourth-order valence-electron chi connectivity index (χ4n) is 2.20. The number of alkyl halides is 3. The molecule has 1 aromatic rings. The van der Waals surface area contributed by atoms with E-state index in [0.29, 0.717) is 31.6 Å². The molecule has 0 radical (unpaired) electrons. The topological polar surface area (TPSA) is 37.8 Å². The molecule has 0 fully saturated rings. The molecule has 0 saturated heterocycles. The van der Waals surface area contributed by atoms with Gasteiger partial charge in [-0.25, -0.2) is 9.97 Å². The lowest BCUT2D eigenvalue weighted by molar-refractivity contribution is -0.142. The lowest BCUT2D eigenvalue weighted by Crippen LogP contribution is -2.30. The van der Waals surface area contributed by atoms with Crippen molar-refractivity contribution >= 4 is 0 Å². The van der Waals surface area contributed by atoms with Gasteiger partial charge in [0.05, 0.1) is 5.69 Å². The van der Waals surface area contributed by atoms with Crippen LogP contribution < -0.4 is 5.32 Å². The average molecular weight is 273 g/mol. The lowest BCUT2D eigenvalue weighted by atomic mass is 9.91. The highest BCUT2D eigenvalue weighted by Gasteiger charge is 2.38. The van der Waals surface area contributed by atoms with Gasteiger partial charge in [-0.15, -0.1) is 0 Å². The standard InChI is InChI=1S/C13H18F3N3/c1-12(2,3)6-10-18-9-7-17-5-4-8(9)11(19-10)13(14,15)16/h17H,4-7H2,1-3H3. The fourth-order valence-corrected chi connectivity index (χ4v) is 2.20. The van der Waals surface area contributed by atoms with E-state index in [1.807, 2.05) is 20.8 Å². The van der Waals surface area contributed by atoms with Crippen LogP contribution in [0.5, 0.6) is 0 Å². The van der Waals surface area contributed by atoms with Crippen LogP contribution in [0.2, 0.25) is 0 Å². The van der Waals surface area contributed by atoms with Crippen LogP contribution in [0.3, 0.4) is 0 Å². The molecule has 0 aromatic carbocycles. The first-order valence-corrected chi connectivity index (χ1v) is 6.33. The monoisotopic (exact) mass is 273 g/mol. The largest absolute Gasteiger partial charge is 0.433 e. The Labute approximate surface area is 110 Å². The maximum atomic E-state index is 13.1. The van der Waals surface area contributed by atoms with Crippen molar-refractivity contribution in [1.29, 1.82) is 0 Å². The molecule has 0 bridgehead atoms. The molecular weight excluding hydrogens is 255 g/mol. The molecule has 3 nitrogen and oxygen atoms in total. The molecule has 0 atom stereocenters. The normalized spacial score (nSPS) is 16.3. The summed E-state index contributed by atoms with van der Waals surface area (Å²) in [5.41, 5.74) is -0.144. The fraction of sp³-hybridized carbons (Fsp3) is 0.692. The molecule has 2 heterocycles. The number of fused-ring (bicyclic) bond motifs is 1. The number of halogens is 3.